The van der Waals surface area contributed by atoms with E-state index in [-0.39, 0.29) is 18.7 Å². The molecule has 1 fully saturated rings. The van der Waals surface area contributed by atoms with Gasteiger partial charge >= 0.3 is 6.09 Å². The van der Waals surface area contributed by atoms with Crippen LogP contribution in [-0.2, 0) is 16.1 Å². The van der Waals surface area contributed by atoms with Crippen LogP contribution in [0.2, 0.25) is 0 Å². The Hall–Kier alpha value is -1.81. The monoisotopic (exact) mass is 275 g/mol. The quantitative estimate of drug-likeness (QED) is 0.791. The molecule has 20 heavy (non-hydrogen) atoms. The standard InChI is InChI=1S/C16H21NO3/c1-4-8-14-12-20-16(2,3)17(14)15(18)19-11-13-9-6-5-7-10-13/h4-7,9-10,14H,1,8,11-12H2,2-3H3/t14-/m1/s1. The Morgan fingerprint density at radius 2 is 2.20 bits per heavy atom. The molecule has 0 N–H and O–H groups in total. The van der Waals surface area contributed by atoms with E-state index in [1.807, 2.05) is 44.2 Å². The molecule has 0 aliphatic carbocycles. The molecule has 4 heteroatoms. The fourth-order valence-electron chi connectivity index (χ4n) is 2.41. The zero-order valence-corrected chi connectivity index (χ0v) is 12.0. The molecule has 0 radical (unpaired) electrons. The van der Waals surface area contributed by atoms with Gasteiger partial charge < -0.3 is 9.47 Å². The number of carbonyl (C=O) groups excluding carboxylic acids is 1. The summed E-state index contributed by atoms with van der Waals surface area (Å²) in [6, 6.07) is 9.63. The van der Waals surface area contributed by atoms with Crippen LogP contribution in [0.15, 0.2) is 43.0 Å². The molecule has 0 aromatic heterocycles. The maximum atomic E-state index is 12.3. The molecule has 108 valence electrons. The number of hydrogen-bond donors (Lipinski definition) is 0. The molecule has 1 aliphatic rings. The Labute approximate surface area is 120 Å². The zero-order valence-electron chi connectivity index (χ0n) is 12.0. The van der Waals surface area contributed by atoms with E-state index in [1.165, 1.54) is 0 Å². The lowest BCUT2D eigenvalue weighted by molar-refractivity contribution is -0.0490. The average Bonchev–Trinajstić information content (AvgIpc) is 2.73. The normalized spacial score (nSPS) is 20.7. The van der Waals surface area contributed by atoms with Crippen molar-refractivity contribution >= 4 is 6.09 Å². The molecule has 1 aromatic carbocycles. The van der Waals surface area contributed by atoms with Crippen LogP contribution < -0.4 is 0 Å². The predicted octanol–water partition coefficient (Wildman–Crippen LogP) is 3.34. The van der Waals surface area contributed by atoms with E-state index in [0.717, 1.165) is 5.56 Å². The summed E-state index contributed by atoms with van der Waals surface area (Å²) in [5.41, 5.74) is 0.334. The lowest BCUT2D eigenvalue weighted by Crippen LogP contribution is -2.47. The van der Waals surface area contributed by atoms with Crippen molar-refractivity contribution in [3.05, 3.63) is 48.6 Å². The summed E-state index contributed by atoms with van der Waals surface area (Å²) in [7, 11) is 0. The van der Waals surface area contributed by atoms with Crippen molar-refractivity contribution < 1.29 is 14.3 Å². The molecule has 0 unspecified atom stereocenters. The van der Waals surface area contributed by atoms with Crippen LogP contribution in [0.25, 0.3) is 0 Å². The van der Waals surface area contributed by atoms with Crippen molar-refractivity contribution in [2.45, 2.75) is 38.6 Å². The third-order valence-electron chi connectivity index (χ3n) is 3.41. The fourth-order valence-corrected chi connectivity index (χ4v) is 2.41. The highest BCUT2D eigenvalue weighted by molar-refractivity contribution is 5.69. The first-order valence-electron chi connectivity index (χ1n) is 6.79. The predicted molar refractivity (Wildman–Crippen MR) is 77.1 cm³/mol. The molecule has 2 rings (SSSR count). The van der Waals surface area contributed by atoms with Crippen molar-refractivity contribution in [2.75, 3.05) is 6.61 Å². The summed E-state index contributed by atoms with van der Waals surface area (Å²) in [6.07, 6.45) is 2.15. The smallest absolute Gasteiger partial charge is 0.412 e. The van der Waals surface area contributed by atoms with E-state index in [2.05, 4.69) is 6.58 Å². The van der Waals surface area contributed by atoms with Gasteiger partial charge in [0.25, 0.3) is 0 Å². The number of hydrogen-bond acceptors (Lipinski definition) is 3. The van der Waals surface area contributed by atoms with Crippen molar-refractivity contribution in [3.8, 4) is 0 Å². The number of nitrogens with zero attached hydrogens (tertiary/aromatic N) is 1. The molecule has 1 aromatic rings. The summed E-state index contributed by atoms with van der Waals surface area (Å²) in [4.78, 5) is 14.0. The van der Waals surface area contributed by atoms with Gasteiger partial charge in [-0.15, -0.1) is 6.58 Å². The van der Waals surface area contributed by atoms with E-state index in [0.29, 0.717) is 13.0 Å². The van der Waals surface area contributed by atoms with Crippen LogP contribution in [0.5, 0.6) is 0 Å². The average molecular weight is 275 g/mol. The molecule has 0 saturated carbocycles. The van der Waals surface area contributed by atoms with Crippen LogP contribution in [0.3, 0.4) is 0 Å². The maximum absolute atomic E-state index is 12.3. The van der Waals surface area contributed by atoms with Crippen molar-refractivity contribution in [2.24, 2.45) is 0 Å². The van der Waals surface area contributed by atoms with E-state index < -0.39 is 5.72 Å². The second-order valence-electron chi connectivity index (χ2n) is 5.35. The maximum Gasteiger partial charge on any atom is 0.412 e. The Bertz CT molecular complexity index is 470. The van der Waals surface area contributed by atoms with Gasteiger partial charge in [-0.05, 0) is 25.8 Å². The van der Waals surface area contributed by atoms with Crippen LogP contribution in [0.1, 0.15) is 25.8 Å². The molecule has 1 atom stereocenters. The van der Waals surface area contributed by atoms with Gasteiger partial charge in [0.2, 0.25) is 0 Å². The molecule has 0 spiro atoms. The molecule has 1 heterocycles. The SMILES string of the molecule is C=CC[C@@H]1COC(C)(C)N1C(=O)OCc1ccccc1. The largest absolute Gasteiger partial charge is 0.444 e. The van der Waals surface area contributed by atoms with Crippen LogP contribution in [-0.4, -0.2) is 29.4 Å². The van der Waals surface area contributed by atoms with E-state index in [9.17, 15) is 4.79 Å². The van der Waals surface area contributed by atoms with Crippen LogP contribution in [0, 0.1) is 0 Å². The highest BCUT2D eigenvalue weighted by Gasteiger charge is 2.44. The van der Waals surface area contributed by atoms with Crippen LogP contribution >= 0.6 is 0 Å². The molecular weight excluding hydrogens is 254 g/mol. The van der Waals surface area contributed by atoms with Gasteiger partial charge in [-0.3, -0.25) is 4.90 Å². The number of ether oxygens (including phenoxy) is 2. The Balaban J connectivity index is 2.00. The van der Waals surface area contributed by atoms with E-state index in [1.54, 1.807) is 11.0 Å². The summed E-state index contributed by atoms with van der Waals surface area (Å²) in [5, 5.41) is 0. The van der Waals surface area contributed by atoms with Gasteiger partial charge in [-0.25, -0.2) is 4.79 Å². The van der Waals surface area contributed by atoms with Crippen molar-refractivity contribution in [3.63, 3.8) is 0 Å². The highest BCUT2D eigenvalue weighted by atomic mass is 16.6. The minimum absolute atomic E-state index is 0.00854. The minimum atomic E-state index is -0.637. The van der Waals surface area contributed by atoms with Gasteiger partial charge in [-0.2, -0.15) is 0 Å². The van der Waals surface area contributed by atoms with Gasteiger partial charge in [0.05, 0.1) is 12.6 Å². The Morgan fingerprint density at radius 3 is 2.85 bits per heavy atom. The van der Waals surface area contributed by atoms with Crippen molar-refractivity contribution in [1.29, 1.82) is 0 Å². The molecule has 0 bridgehead atoms. The van der Waals surface area contributed by atoms with E-state index >= 15 is 0 Å². The summed E-state index contributed by atoms with van der Waals surface area (Å²) in [6.45, 7) is 8.26. The molecular formula is C16H21NO3. The fraction of sp³-hybridized carbons (Fsp3) is 0.438. The third kappa shape index (κ3) is 3.20. The van der Waals surface area contributed by atoms with Gasteiger partial charge in [0.1, 0.15) is 12.3 Å². The summed E-state index contributed by atoms with van der Waals surface area (Å²) >= 11 is 0. The van der Waals surface area contributed by atoms with Gasteiger partial charge in [0.15, 0.2) is 0 Å². The summed E-state index contributed by atoms with van der Waals surface area (Å²) < 4.78 is 11.1. The van der Waals surface area contributed by atoms with Crippen molar-refractivity contribution in [1.82, 2.24) is 4.90 Å². The lowest BCUT2D eigenvalue weighted by Gasteiger charge is -2.32. The zero-order chi connectivity index (χ0) is 14.6. The molecule has 4 nitrogen and oxygen atoms in total. The first-order valence-corrected chi connectivity index (χ1v) is 6.79. The van der Waals surface area contributed by atoms with Crippen LogP contribution in [0.4, 0.5) is 4.79 Å². The van der Waals surface area contributed by atoms with Gasteiger partial charge in [0, 0.05) is 0 Å². The number of carbonyl (C=O) groups is 1. The van der Waals surface area contributed by atoms with Gasteiger partial charge in [-0.1, -0.05) is 36.4 Å². The first-order chi connectivity index (χ1) is 9.54. The topological polar surface area (TPSA) is 38.8 Å². The highest BCUT2D eigenvalue weighted by Crippen LogP contribution is 2.29. The summed E-state index contributed by atoms with van der Waals surface area (Å²) in [5.74, 6) is 0. The second kappa shape index (κ2) is 6.09. The third-order valence-corrected chi connectivity index (χ3v) is 3.41. The number of benzene rings is 1. The molecule has 1 saturated heterocycles. The molecule has 1 amide bonds. The lowest BCUT2D eigenvalue weighted by atomic mass is 10.1. The number of rotatable bonds is 4. The Kier molecular flexibility index (Phi) is 4.45. The first kappa shape index (κ1) is 14.6. The second-order valence-corrected chi connectivity index (χ2v) is 5.35. The molecule has 1 aliphatic heterocycles. The Morgan fingerprint density at radius 1 is 1.50 bits per heavy atom. The minimum Gasteiger partial charge on any atom is -0.444 e. The number of amides is 1. The van der Waals surface area contributed by atoms with E-state index in [4.69, 9.17) is 9.47 Å².